The molecule has 1 aliphatic rings. The number of halogens is 3. The highest BCUT2D eigenvalue weighted by Gasteiger charge is 2.32. The Morgan fingerprint density at radius 2 is 1.85 bits per heavy atom. The van der Waals surface area contributed by atoms with E-state index in [0.29, 0.717) is 31.4 Å². The first kappa shape index (κ1) is 23.6. The number of benzene rings is 2. The summed E-state index contributed by atoms with van der Waals surface area (Å²) in [5.74, 6) is -0.610. The van der Waals surface area contributed by atoms with E-state index < -0.39 is 45.0 Å². The summed E-state index contributed by atoms with van der Waals surface area (Å²) in [6, 6.07) is 7.24. The average Bonchev–Trinajstić information content (AvgIpc) is 2.77. The van der Waals surface area contributed by atoms with Crippen molar-refractivity contribution in [3.63, 3.8) is 0 Å². The molecule has 0 unspecified atom stereocenters. The van der Waals surface area contributed by atoms with Crippen LogP contribution in [0.25, 0.3) is 0 Å². The molecule has 0 bridgehead atoms. The minimum absolute atomic E-state index is 0.152. The lowest BCUT2D eigenvalue weighted by Crippen LogP contribution is -2.21. The first-order chi connectivity index (χ1) is 15.6. The van der Waals surface area contributed by atoms with E-state index >= 15 is 0 Å². The van der Waals surface area contributed by atoms with Crippen molar-refractivity contribution in [1.82, 2.24) is 0 Å². The number of nitro benzene ring substituents is 2. The van der Waals surface area contributed by atoms with Crippen molar-refractivity contribution >= 4 is 28.9 Å². The molecule has 1 aliphatic carbocycles. The Bertz CT molecular complexity index is 1120. The average molecular weight is 466 g/mol. The molecule has 3 rings (SSSR count). The van der Waals surface area contributed by atoms with Gasteiger partial charge in [-0.15, -0.1) is 0 Å². The minimum atomic E-state index is -4.59. The van der Waals surface area contributed by atoms with Crippen molar-refractivity contribution in [1.29, 1.82) is 0 Å². The third-order valence-corrected chi connectivity index (χ3v) is 5.06. The van der Waals surface area contributed by atoms with Gasteiger partial charge in [-0.3, -0.25) is 30.4 Å². The predicted octanol–water partition coefficient (Wildman–Crippen LogP) is 5.78. The molecule has 174 valence electrons. The lowest BCUT2D eigenvalue weighted by atomic mass is 9.81. The number of carbonyl (C=O) groups excluding carboxylic acids is 1. The number of non-ortho nitro benzene ring substituents is 1. The maximum atomic E-state index is 12.8. The standard InChI is InChI=1S/C20H17F3N4O6/c21-20(22,23)12-4-3-5-13(10-12)24-19(28)33-25-17-7-2-1-6-15(17)16-9-8-14(26(29)30)11-18(16)27(31)32/h3-5,8-11,15H,1-2,6-7H2,(H,24,28)/b25-17-/t15-/m1/s1. The molecule has 1 saturated carbocycles. The molecule has 0 aromatic heterocycles. The molecular weight excluding hydrogens is 449 g/mol. The first-order valence-electron chi connectivity index (χ1n) is 9.71. The lowest BCUT2D eigenvalue weighted by molar-refractivity contribution is -0.394. The van der Waals surface area contributed by atoms with Crippen molar-refractivity contribution in [3.8, 4) is 0 Å². The predicted molar refractivity (Wildman–Crippen MR) is 110 cm³/mol. The fraction of sp³-hybridized carbons (Fsp3) is 0.300. The summed E-state index contributed by atoms with van der Waals surface area (Å²) >= 11 is 0. The van der Waals surface area contributed by atoms with Crippen LogP contribution in [0.15, 0.2) is 47.6 Å². The number of carbonyl (C=O) groups is 1. The molecule has 1 amide bonds. The summed E-state index contributed by atoms with van der Waals surface area (Å²) < 4.78 is 38.4. The van der Waals surface area contributed by atoms with Crippen molar-refractivity contribution < 1.29 is 32.6 Å². The second kappa shape index (κ2) is 9.63. The van der Waals surface area contributed by atoms with Gasteiger partial charge in [0.15, 0.2) is 0 Å². The van der Waals surface area contributed by atoms with Gasteiger partial charge in [-0.2, -0.15) is 13.2 Å². The van der Waals surface area contributed by atoms with Gasteiger partial charge in [-0.1, -0.05) is 17.6 Å². The smallest absolute Gasteiger partial charge is 0.298 e. The van der Waals surface area contributed by atoms with Crippen LogP contribution in [0.2, 0.25) is 0 Å². The largest absolute Gasteiger partial charge is 0.437 e. The molecule has 33 heavy (non-hydrogen) atoms. The molecule has 13 heteroatoms. The number of hydrogen-bond acceptors (Lipinski definition) is 7. The second-order valence-corrected chi connectivity index (χ2v) is 7.22. The van der Waals surface area contributed by atoms with Crippen LogP contribution >= 0.6 is 0 Å². The number of oxime groups is 1. The molecule has 1 N–H and O–H groups in total. The van der Waals surface area contributed by atoms with E-state index in [1.807, 2.05) is 0 Å². The van der Waals surface area contributed by atoms with Crippen LogP contribution in [0.1, 0.15) is 42.7 Å². The van der Waals surface area contributed by atoms with Gasteiger partial charge in [0.05, 0.1) is 27.2 Å². The topological polar surface area (TPSA) is 137 Å². The van der Waals surface area contributed by atoms with Crippen LogP contribution in [0.3, 0.4) is 0 Å². The Balaban J connectivity index is 1.80. The Hall–Kier alpha value is -4.03. The van der Waals surface area contributed by atoms with Gasteiger partial charge in [0.2, 0.25) is 0 Å². The lowest BCUT2D eigenvalue weighted by Gasteiger charge is -2.23. The van der Waals surface area contributed by atoms with E-state index in [9.17, 15) is 38.2 Å². The van der Waals surface area contributed by atoms with Gasteiger partial charge in [0, 0.05) is 23.2 Å². The summed E-state index contributed by atoms with van der Waals surface area (Å²) in [5, 5.41) is 28.4. The maximum Gasteiger partial charge on any atom is 0.437 e. The number of nitrogens with zero attached hydrogens (tertiary/aromatic N) is 3. The van der Waals surface area contributed by atoms with Crippen LogP contribution in [-0.4, -0.2) is 21.7 Å². The van der Waals surface area contributed by atoms with Gasteiger partial charge < -0.3 is 0 Å². The SMILES string of the molecule is O=C(Nc1cccc(C(F)(F)F)c1)O/N=C1/CCCC[C@@H]1c1ccc([N+](=O)[O-])cc1[N+](=O)[O-]. The molecule has 0 aliphatic heterocycles. The highest BCUT2D eigenvalue weighted by Crippen LogP contribution is 2.38. The van der Waals surface area contributed by atoms with Gasteiger partial charge in [0.1, 0.15) is 0 Å². The van der Waals surface area contributed by atoms with E-state index in [-0.39, 0.29) is 11.3 Å². The van der Waals surface area contributed by atoms with Crippen LogP contribution in [0.4, 0.5) is 35.0 Å². The minimum Gasteiger partial charge on any atom is -0.298 e. The molecule has 0 saturated heterocycles. The summed E-state index contributed by atoms with van der Waals surface area (Å²) in [6.45, 7) is 0. The number of nitrogens with one attached hydrogen (secondary N) is 1. The zero-order valence-corrected chi connectivity index (χ0v) is 16.9. The Morgan fingerprint density at radius 3 is 2.52 bits per heavy atom. The molecule has 0 radical (unpaired) electrons. The molecular formula is C20H17F3N4O6. The Labute approximate surface area is 184 Å². The van der Waals surface area contributed by atoms with Crippen molar-refractivity contribution in [2.45, 2.75) is 37.8 Å². The Morgan fingerprint density at radius 1 is 1.09 bits per heavy atom. The number of hydrogen-bond donors (Lipinski definition) is 1. The zero-order valence-electron chi connectivity index (χ0n) is 16.9. The number of rotatable bonds is 5. The molecule has 0 spiro atoms. The normalized spacial score (nSPS) is 17.4. The second-order valence-electron chi connectivity index (χ2n) is 7.22. The maximum absolute atomic E-state index is 12.8. The fourth-order valence-corrected chi connectivity index (χ4v) is 3.55. The molecule has 0 heterocycles. The fourth-order valence-electron chi connectivity index (χ4n) is 3.55. The van der Waals surface area contributed by atoms with Gasteiger partial charge in [-0.05, 0) is 43.5 Å². The van der Waals surface area contributed by atoms with Crippen LogP contribution in [0.5, 0.6) is 0 Å². The molecule has 10 nitrogen and oxygen atoms in total. The van der Waals surface area contributed by atoms with Crippen molar-refractivity contribution in [2.75, 3.05) is 5.32 Å². The molecule has 2 aromatic rings. The number of anilines is 1. The zero-order chi connectivity index (χ0) is 24.2. The monoisotopic (exact) mass is 466 g/mol. The van der Waals surface area contributed by atoms with Crippen LogP contribution in [0, 0.1) is 20.2 Å². The number of nitro groups is 2. The number of amides is 1. The van der Waals surface area contributed by atoms with Gasteiger partial charge in [0.25, 0.3) is 11.4 Å². The highest BCUT2D eigenvalue weighted by molar-refractivity contribution is 5.93. The van der Waals surface area contributed by atoms with Gasteiger partial charge >= 0.3 is 12.3 Å². The third-order valence-electron chi connectivity index (χ3n) is 5.06. The molecule has 2 aromatic carbocycles. The molecule has 1 atom stereocenters. The Kier molecular flexibility index (Phi) is 6.89. The van der Waals surface area contributed by atoms with Crippen molar-refractivity contribution in [3.05, 3.63) is 73.8 Å². The van der Waals surface area contributed by atoms with E-state index in [4.69, 9.17) is 4.84 Å². The van der Waals surface area contributed by atoms with E-state index in [1.54, 1.807) is 0 Å². The number of alkyl halides is 3. The van der Waals surface area contributed by atoms with E-state index in [1.165, 1.54) is 12.1 Å². The van der Waals surface area contributed by atoms with Crippen LogP contribution < -0.4 is 5.32 Å². The van der Waals surface area contributed by atoms with E-state index in [0.717, 1.165) is 30.3 Å². The first-order valence-corrected chi connectivity index (χ1v) is 9.71. The quantitative estimate of drug-likeness (QED) is 0.337. The summed E-state index contributed by atoms with van der Waals surface area (Å²) in [4.78, 5) is 37.8. The summed E-state index contributed by atoms with van der Waals surface area (Å²) in [5.41, 5.74) is -1.47. The van der Waals surface area contributed by atoms with E-state index in [2.05, 4.69) is 10.5 Å². The summed E-state index contributed by atoms with van der Waals surface area (Å²) in [7, 11) is 0. The van der Waals surface area contributed by atoms with Gasteiger partial charge in [-0.25, -0.2) is 4.79 Å². The highest BCUT2D eigenvalue weighted by atomic mass is 19.4. The molecule has 1 fully saturated rings. The third kappa shape index (κ3) is 5.81. The summed E-state index contributed by atoms with van der Waals surface area (Å²) in [6.07, 6.45) is -3.55. The van der Waals surface area contributed by atoms with Crippen molar-refractivity contribution in [2.24, 2.45) is 5.16 Å². The van der Waals surface area contributed by atoms with Crippen LogP contribution in [-0.2, 0) is 11.0 Å².